The van der Waals surface area contributed by atoms with Crippen molar-refractivity contribution in [2.75, 3.05) is 0 Å². The predicted molar refractivity (Wildman–Crippen MR) is 190 cm³/mol. The van der Waals surface area contributed by atoms with Gasteiger partial charge in [-0.2, -0.15) is 10.5 Å². The van der Waals surface area contributed by atoms with Gasteiger partial charge in [0.05, 0.1) is 12.1 Å². The molecule has 0 saturated heterocycles. The van der Waals surface area contributed by atoms with Crippen molar-refractivity contribution < 1.29 is 0 Å². The van der Waals surface area contributed by atoms with E-state index < -0.39 is 11.1 Å². The van der Waals surface area contributed by atoms with Crippen LogP contribution in [0.4, 0.5) is 0 Å². The Balaban J connectivity index is 5.43. The lowest BCUT2D eigenvalue weighted by molar-refractivity contribution is 0.227. The lowest BCUT2D eigenvalue weighted by atomic mass is 9.80. The Morgan fingerprint density at radius 1 is 0.326 bits per heavy atom. The summed E-state index contributed by atoms with van der Waals surface area (Å²) in [5, 5.41) is 25.4. The summed E-state index contributed by atoms with van der Waals surface area (Å²) in [5.74, 6) is 0. The third-order valence-electron chi connectivity index (χ3n) is 9.74. The number of hydrogen-bond donors (Lipinski definition) is 1. The average Bonchev–Trinajstić information content (AvgIpc) is 3.02. The molecule has 0 aromatic carbocycles. The molecule has 0 spiro atoms. The van der Waals surface area contributed by atoms with E-state index in [1.807, 2.05) is 0 Å². The number of nitriles is 2. The van der Waals surface area contributed by atoms with Crippen LogP contribution in [-0.4, -0.2) is 11.1 Å². The third-order valence-corrected chi connectivity index (χ3v) is 9.74. The molecule has 3 nitrogen and oxygen atoms in total. The summed E-state index contributed by atoms with van der Waals surface area (Å²) in [4.78, 5) is 0. The highest BCUT2D eigenvalue weighted by Gasteiger charge is 2.40. The molecule has 3 heteroatoms. The number of nitrogens with zero attached hydrogens (tertiary/aromatic N) is 2. The standard InChI is InChI=1S/C40H77N3/c1-5-9-13-17-21-25-29-33-39(37-41,34-30-26-22-18-14-10-6-2)43-40(38-42,35-31-27-23-19-15-11-7-3)36-32-28-24-20-16-12-8-4/h43H,5-36H2,1-4H3. The summed E-state index contributed by atoms with van der Waals surface area (Å²) in [6.45, 7) is 9.10. The van der Waals surface area contributed by atoms with Crippen LogP contribution in [0.5, 0.6) is 0 Å². The molecule has 252 valence electrons. The van der Waals surface area contributed by atoms with Crippen LogP contribution in [0, 0.1) is 22.7 Å². The van der Waals surface area contributed by atoms with E-state index in [1.165, 1.54) is 154 Å². The lowest BCUT2D eigenvalue weighted by Crippen LogP contribution is -2.57. The maximum Gasteiger partial charge on any atom is 0.107 e. The highest BCUT2D eigenvalue weighted by molar-refractivity contribution is 5.17. The van der Waals surface area contributed by atoms with Crippen LogP contribution >= 0.6 is 0 Å². The molecule has 0 aliphatic carbocycles. The summed E-state index contributed by atoms with van der Waals surface area (Å²) >= 11 is 0. The lowest BCUT2D eigenvalue weighted by Gasteiger charge is -2.38. The van der Waals surface area contributed by atoms with Gasteiger partial charge in [-0.25, -0.2) is 0 Å². The minimum Gasteiger partial charge on any atom is -0.281 e. The van der Waals surface area contributed by atoms with E-state index in [1.54, 1.807) is 0 Å². The van der Waals surface area contributed by atoms with Gasteiger partial charge >= 0.3 is 0 Å². The highest BCUT2D eigenvalue weighted by atomic mass is 15.1. The molecule has 43 heavy (non-hydrogen) atoms. The van der Waals surface area contributed by atoms with E-state index in [-0.39, 0.29) is 0 Å². The molecule has 0 radical (unpaired) electrons. The van der Waals surface area contributed by atoms with Crippen LogP contribution in [0.2, 0.25) is 0 Å². The van der Waals surface area contributed by atoms with E-state index in [9.17, 15) is 10.5 Å². The molecule has 0 aromatic heterocycles. The molecule has 0 rings (SSSR count). The van der Waals surface area contributed by atoms with Gasteiger partial charge in [-0.1, -0.05) is 207 Å². The van der Waals surface area contributed by atoms with Crippen molar-refractivity contribution in [2.45, 2.75) is 244 Å². The summed E-state index contributed by atoms with van der Waals surface area (Å²) in [6.07, 6.45) is 39.0. The maximum atomic E-state index is 10.7. The molecule has 0 atom stereocenters. The van der Waals surface area contributed by atoms with Gasteiger partial charge in [0.2, 0.25) is 0 Å². The second-order valence-corrected chi connectivity index (χ2v) is 14.0. The Morgan fingerprint density at radius 3 is 0.698 bits per heavy atom. The Labute approximate surface area is 271 Å². The first-order valence-corrected chi connectivity index (χ1v) is 19.7. The summed E-state index contributed by atoms with van der Waals surface area (Å²) in [6, 6.07) is 5.63. The monoisotopic (exact) mass is 600 g/mol. The van der Waals surface area contributed by atoms with Gasteiger partial charge in [-0.3, -0.25) is 5.32 Å². The molecule has 0 aliphatic rings. The molecule has 0 unspecified atom stereocenters. The fourth-order valence-corrected chi connectivity index (χ4v) is 6.77. The smallest absolute Gasteiger partial charge is 0.107 e. The van der Waals surface area contributed by atoms with E-state index in [2.05, 4.69) is 45.2 Å². The molecule has 0 aromatic rings. The number of rotatable bonds is 34. The van der Waals surface area contributed by atoms with Crippen LogP contribution in [0.3, 0.4) is 0 Å². The van der Waals surface area contributed by atoms with Crippen molar-refractivity contribution in [3.8, 4) is 12.1 Å². The van der Waals surface area contributed by atoms with E-state index >= 15 is 0 Å². The quantitative estimate of drug-likeness (QED) is 0.0748. The Hall–Kier alpha value is -1.06. The fraction of sp³-hybridized carbons (Fsp3) is 0.950. The minimum absolute atomic E-state index is 0.565. The van der Waals surface area contributed by atoms with E-state index in [0.717, 1.165) is 51.4 Å². The molecular formula is C40H77N3. The molecule has 1 N–H and O–H groups in total. The number of hydrogen-bond acceptors (Lipinski definition) is 3. The van der Waals surface area contributed by atoms with E-state index in [0.29, 0.717) is 0 Å². The van der Waals surface area contributed by atoms with Gasteiger partial charge in [0.1, 0.15) is 11.1 Å². The minimum atomic E-state index is -0.565. The molecule has 0 saturated carbocycles. The fourth-order valence-electron chi connectivity index (χ4n) is 6.77. The first-order chi connectivity index (χ1) is 21.1. The zero-order chi connectivity index (χ0) is 31.7. The Bertz CT molecular complexity index is 566. The molecule has 0 heterocycles. The second kappa shape index (κ2) is 30.9. The van der Waals surface area contributed by atoms with Crippen molar-refractivity contribution in [1.29, 1.82) is 10.5 Å². The van der Waals surface area contributed by atoms with Crippen LogP contribution in [0.1, 0.15) is 233 Å². The molecule has 0 bridgehead atoms. The van der Waals surface area contributed by atoms with Gasteiger partial charge in [-0.15, -0.1) is 0 Å². The van der Waals surface area contributed by atoms with Crippen LogP contribution < -0.4 is 5.32 Å². The van der Waals surface area contributed by atoms with Gasteiger partial charge in [0.15, 0.2) is 0 Å². The highest BCUT2D eigenvalue weighted by Crippen LogP contribution is 2.31. The Kier molecular flexibility index (Phi) is 30.2. The average molecular weight is 600 g/mol. The van der Waals surface area contributed by atoms with Gasteiger partial charge in [0, 0.05) is 0 Å². The second-order valence-electron chi connectivity index (χ2n) is 14.0. The van der Waals surface area contributed by atoms with Crippen molar-refractivity contribution in [3.63, 3.8) is 0 Å². The molecular weight excluding hydrogens is 522 g/mol. The summed E-state index contributed by atoms with van der Waals surface area (Å²) < 4.78 is 0. The normalized spacial score (nSPS) is 12.0. The predicted octanol–water partition coefficient (Wildman–Crippen LogP) is 13.7. The zero-order valence-corrected chi connectivity index (χ0v) is 30.0. The van der Waals surface area contributed by atoms with Crippen molar-refractivity contribution in [3.05, 3.63) is 0 Å². The van der Waals surface area contributed by atoms with Crippen LogP contribution in [0.15, 0.2) is 0 Å². The SMILES string of the molecule is CCCCCCCCCC(C#N)(CCCCCCCCC)NC(C#N)(CCCCCCCCC)CCCCCCCCC. The van der Waals surface area contributed by atoms with Gasteiger partial charge < -0.3 is 0 Å². The molecule has 0 aliphatic heterocycles. The van der Waals surface area contributed by atoms with E-state index in [4.69, 9.17) is 0 Å². The number of nitrogens with one attached hydrogen (secondary N) is 1. The van der Waals surface area contributed by atoms with Crippen LogP contribution in [-0.2, 0) is 0 Å². The molecule has 0 amide bonds. The van der Waals surface area contributed by atoms with Crippen LogP contribution in [0.25, 0.3) is 0 Å². The Morgan fingerprint density at radius 2 is 0.512 bits per heavy atom. The summed E-state index contributed by atoms with van der Waals surface area (Å²) in [7, 11) is 0. The third kappa shape index (κ3) is 23.9. The topological polar surface area (TPSA) is 59.6 Å². The van der Waals surface area contributed by atoms with Gasteiger partial charge in [0.25, 0.3) is 0 Å². The van der Waals surface area contributed by atoms with Gasteiger partial charge in [-0.05, 0) is 25.7 Å². The number of unbranched alkanes of at least 4 members (excludes halogenated alkanes) is 24. The first kappa shape index (κ1) is 41.9. The molecule has 0 fully saturated rings. The van der Waals surface area contributed by atoms with Crippen molar-refractivity contribution in [1.82, 2.24) is 5.32 Å². The summed E-state index contributed by atoms with van der Waals surface area (Å²) in [5.41, 5.74) is -1.13. The zero-order valence-electron chi connectivity index (χ0n) is 30.0. The first-order valence-electron chi connectivity index (χ1n) is 19.7. The van der Waals surface area contributed by atoms with Crippen molar-refractivity contribution >= 4 is 0 Å². The largest absolute Gasteiger partial charge is 0.281 e. The van der Waals surface area contributed by atoms with Crippen molar-refractivity contribution in [2.24, 2.45) is 0 Å². The maximum absolute atomic E-state index is 10.7.